The van der Waals surface area contributed by atoms with Gasteiger partial charge in [0.05, 0.1) is 7.11 Å². The molecule has 0 bridgehead atoms. The van der Waals surface area contributed by atoms with Crippen molar-refractivity contribution in [1.82, 2.24) is 10.3 Å². The van der Waals surface area contributed by atoms with Crippen LogP contribution in [0.3, 0.4) is 0 Å². The maximum Gasteiger partial charge on any atom is 0.120 e. The molecule has 0 aliphatic heterocycles. The van der Waals surface area contributed by atoms with E-state index in [2.05, 4.69) is 22.6 Å². The van der Waals surface area contributed by atoms with Crippen molar-refractivity contribution in [3.05, 3.63) is 30.0 Å². The first-order chi connectivity index (χ1) is 8.36. The minimum atomic E-state index is 0.792. The van der Waals surface area contributed by atoms with Gasteiger partial charge in [-0.2, -0.15) is 0 Å². The average molecular weight is 230 g/mol. The fourth-order valence-corrected chi connectivity index (χ4v) is 2.20. The summed E-state index contributed by atoms with van der Waals surface area (Å²) in [5, 5.41) is 4.85. The zero-order chi connectivity index (χ0) is 11.7. The molecular formula is C14H18N2O. The van der Waals surface area contributed by atoms with Gasteiger partial charge in [0.1, 0.15) is 5.75 Å². The van der Waals surface area contributed by atoms with Crippen molar-refractivity contribution < 1.29 is 4.74 Å². The topological polar surface area (TPSA) is 37.0 Å². The highest BCUT2D eigenvalue weighted by Gasteiger charge is 2.19. The number of fused-ring (bicyclic) bond motifs is 1. The summed E-state index contributed by atoms with van der Waals surface area (Å²) in [5.41, 5.74) is 2.54. The first-order valence-corrected chi connectivity index (χ1v) is 6.24. The fourth-order valence-electron chi connectivity index (χ4n) is 2.20. The lowest BCUT2D eigenvalue weighted by Gasteiger charge is -2.02. The van der Waals surface area contributed by atoms with Crippen LogP contribution in [0.15, 0.2) is 24.4 Å². The first kappa shape index (κ1) is 10.7. The second-order valence-corrected chi connectivity index (χ2v) is 4.70. The van der Waals surface area contributed by atoms with Gasteiger partial charge in [-0.25, -0.2) is 0 Å². The Morgan fingerprint density at radius 1 is 1.41 bits per heavy atom. The molecule has 1 aromatic heterocycles. The van der Waals surface area contributed by atoms with Gasteiger partial charge < -0.3 is 15.0 Å². The molecule has 3 rings (SSSR count). The molecule has 0 saturated heterocycles. The Morgan fingerprint density at radius 2 is 2.29 bits per heavy atom. The molecule has 1 aliphatic rings. The van der Waals surface area contributed by atoms with Crippen molar-refractivity contribution >= 4 is 10.9 Å². The maximum absolute atomic E-state index is 5.22. The van der Waals surface area contributed by atoms with Gasteiger partial charge >= 0.3 is 0 Å². The minimum Gasteiger partial charge on any atom is -0.497 e. The minimum absolute atomic E-state index is 0.792. The standard InChI is InChI=1S/C14H18N2O/c1-17-12-4-5-13-10(9-16-14(13)8-12)6-7-15-11-2-3-11/h4-5,8-9,11,15-16H,2-3,6-7H2,1H3. The second-order valence-electron chi connectivity index (χ2n) is 4.70. The van der Waals surface area contributed by atoms with Gasteiger partial charge in [0, 0.05) is 29.2 Å². The zero-order valence-electron chi connectivity index (χ0n) is 10.1. The Balaban J connectivity index is 1.74. The predicted molar refractivity (Wildman–Crippen MR) is 69.6 cm³/mol. The van der Waals surface area contributed by atoms with Crippen molar-refractivity contribution in [1.29, 1.82) is 0 Å². The van der Waals surface area contributed by atoms with Crippen LogP contribution in [-0.2, 0) is 6.42 Å². The highest BCUT2D eigenvalue weighted by atomic mass is 16.5. The molecule has 1 aromatic carbocycles. The van der Waals surface area contributed by atoms with E-state index in [4.69, 9.17) is 4.74 Å². The van der Waals surface area contributed by atoms with Gasteiger partial charge in [-0.15, -0.1) is 0 Å². The van der Waals surface area contributed by atoms with Crippen molar-refractivity contribution in [2.75, 3.05) is 13.7 Å². The number of ether oxygens (including phenoxy) is 1. The molecule has 3 nitrogen and oxygen atoms in total. The van der Waals surface area contributed by atoms with Gasteiger partial charge in [0.15, 0.2) is 0 Å². The number of rotatable bonds is 5. The lowest BCUT2D eigenvalue weighted by Crippen LogP contribution is -2.19. The Hall–Kier alpha value is -1.48. The SMILES string of the molecule is COc1ccc2c(CCNC3CC3)c[nH]c2c1. The van der Waals surface area contributed by atoms with Crippen LogP contribution in [0, 0.1) is 0 Å². The normalized spacial score (nSPS) is 15.4. The van der Waals surface area contributed by atoms with Gasteiger partial charge in [0.2, 0.25) is 0 Å². The summed E-state index contributed by atoms with van der Waals surface area (Å²) in [5.74, 6) is 0.905. The highest BCUT2D eigenvalue weighted by molar-refractivity contribution is 5.84. The second kappa shape index (κ2) is 4.41. The van der Waals surface area contributed by atoms with Gasteiger partial charge in [-0.3, -0.25) is 0 Å². The van der Waals surface area contributed by atoms with Crippen LogP contribution < -0.4 is 10.1 Å². The Labute approximate surface area is 101 Å². The van der Waals surface area contributed by atoms with Crippen LogP contribution in [-0.4, -0.2) is 24.7 Å². The Morgan fingerprint density at radius 3 is 3.06 bits per heavy atom. The molecular weight excluding hydrogens is 212 g/mol. The van der Waals surface area contributed by atoms with E-state index in [1.807, 2.05) is 12.1 Å². The third-order valence-corrected chi connectivity index (χ3v) is 3.38. The zero-order valence-corrected chi connectivity index (χ0v) is 10.1. The number of hydrogen-bond donors (Lipinski definition) is 2. The summed E-state index contributed by atoms with van der Waals surface area (Å²) in [7, 11) is 1.70. The Kier molecular flexibility index (Phi) is 2.77. The molecule has 1 heterocycles. The summed E-state index contributed by atoms with van der Waals surface area (Å²) in [6.45, 7) is 1.07. The van der Waals surface area contributed by atoms with Crippen LogP contribution in [0.1, 0.15) is 18.4 Å². The van der Waals surface area contributed by atoms with E-state index in [1.165, 1.54) is 23.8 Å². The molecule has 0 amide bonds. The molecule has 1 fully saturated rings. The fraction of sp³-hybridized carbons (Fsp3) is 0.429. The number of nitrogens with one attached hydrogen (secondary N) is 2. The van der Waals surface area contributed by atoms with E-state index in [0.717, 1.165) is 30.3 Å². The molecule has 90 valence electrons. The summed E-state index contributed by atoms with van der Waals surface area (Å²) in [6.07, 6.45) is 5.90. The number of methoxy groups -OCH3 is 1. The van der Waals surface area contributed by atoms with Crippen LogP contribution in [0.5, 0.6) is 5.75 Å². The van der Waals surface area contributed by atoms with Crippen LogP contribution >= 0.6 is 0 Å². The summed E-state index contributed by atoms with van der Waals surface area (Å²) in [6, 6.07) is 7.00. The quantitative estimate of drug-likeness (QED) is 0.828. The van der Waals surface area contributed by atoms with Crippen LogP contribution in [0.2, 0.25) is 0 Å². The lowest BCUT2D eigenvalue weighted by molar-refractivity contribution is 0.415. The van der Waals surface area contributed by atoms with Crippen molar-refractivity contribution in [3.8, 4) is 5.75 Å². The first-order valence-electron chi connectivity index (χ1n) is 6.24. The predicted octanol–water partition coefficient (Wildman–Crippen LogP) is 2.47. The smallest absolute Gasteiger partial charge is 0.120 e. The van der Waals surface area contributed by atoms with Crippen molar-refractivity contribution in [3.63, 3.8) is 0 Å². The van der Waals surface area contributed by atoms with E-state index in [-0.39, 0.29) is 0 Å². The molecule has 2 aromatic rings. The molecule has 17 heavy (non-hydrogen) atoms. The largest absolute Gasteiger partial charge is 0.497 e. The average Bonchev–Trinajstić information content (AvgIpc) is 3.10. The highest BCUT2D eigenvalue weighted by Crippen LogP contribution is 2.24. The van der Waals surface area contributed by atoms with Gasteiger partial charge in [-0.05, 0) is 43.5 Å². The van der Waals surface area contributed by atoms with E-state index in [0.29, 0.717) is 0 Å². The summed E-state index contributed by atoms with van der Waals surface area (Å²) < 4.78 is 5.22. The monoisotopic (exact) mass is 230 g/mol. The van der Waals surface area contributed by atoms with E-state index in [1.54, 1.807) is 7.11 Å². The molecule has 0 atom stereocenters. The number of benzene rings is 1. The van der Waals surface area contributed by atoms with E-state index in [9.17, 15) is 0 Å². The number of aromatic amines is 1. The van der Waals surface area contributed by atoms with E-state index < -0.39 is 0 Å². The number of hydrogen-bond acceptors (Lipinski definition) is 2. The van der Waals surface area contributed by atoms with Crippen molar-refractivity contribution in [2.24, 2.45) is 0 Å². The molecule has 1 aliphatic carbocycles. The van der Waals surface area contributed by atoms with Crippen LogP contribution in [0.4, 0.5) is 0 Å². The van der Waals surface area contributed by atoms with Gasteiger partial charge in [-0.1, -0.05) is 0 Å². The van der Waals surface area contributed by atoms with Gasteiger partial charge in [0.25, 0.3) is 0 Å². The summed E-state index contributed by atoms with van der Waals surface area (Å²) in [4.78, 5) is 3.31. The number of aromatic nitrogens is 1. The Bertz CT molecular complexity index is 514. The molecule has 0 spiro atoms. The van der Waals surface area contributed by atoms with Crippen LogP contribution in [0.25, 0.3) is 10.9 Å². The summed E-state index contributed by atoms with van der Waals surface area (Å²) >= 11 is 0. The molecule has 3 heteroatoms. The van der Waals surface area contributed by atoms with Crippen molar-refractivity contribution in [2.45, 2.75) is 25.3 Å². The third-order valence-electron chi connectivity index (χ3n) is 3.38. The van der Waals surface area contributed by atoms with E-state index >= 15 is 0 Å². The molecule has 0 radical (unpaired) electrons. The lowest BCUT2D eigenvalue weighted by atomic mass is 10.1. The number of H-pyrrole nitrogens is 1. The maximum atomic E-state index is 5.22. The molecule has 0 unspecified atom stereocenters. The molecule has 1 saturated carbocycles. The third kappa shape index (κ3) is 2.29. The molecule has 2 N–H and O–H groups in total.